The van der Waals surface area contributed by atoms with E-state index < -0.39 is 8.32 Å². The number of benzene rings is 1. The van der Waals surface area contributed by atoms with Crippen LogP contribution >= 0.6 is 11.3 Å². The van der Waals surface area contributed by atoms with Gasteiger partial charge >= 0.3 is 0 Å². The lowest BCUT2D eigenvalue weighted by atomic mass is 10.2. The molecule has 0 amide bonds. The van der Waals surface area contributed by atoms with E-state index in [4.69, 9.17) is 14.1 Å². The molecule has 1 saturated heterocycles. The number of thiazole rings is 1. The summed E-state index contributed by atoms with van der Waals surface area (Å²) in [4.78, 5) is 7.08. The van der Waals surface area contributed by atoms with Crippen LogP contribution in [-0.4, -0.2) is 39.1 Å². The maximum atomic E-state index is 6.47. The molecule has 132 valence electrons. The van der Waals surface area contributed by atoms with E-state index in [9.17, 15) is 0 Å². The van der Waals surface area contributed by atoms with E-state index in [1.807, 2.05) is 19.1 Å². The van der Waals surface area contributed by atoms with Crippen molar-refractivity contribution in [2.24, 2.45) is 0 Å². The van der Waals surface area contributed by atoms with Gasteiger partial charge in [0.2, 0.25) is 0 Å². The first kappa shape index (κ1) is 17.7. The molecule has 0 N–H and O–H groups in total. The smallest absolute Gasteiger partial charge is 0.192 e. The lowest BCUT2D eigenvalue weighted by Gasteiger charge is -2.46. The Morgan fingerprint density at radius 2 is 2.00 bits per heavy atom. The highest BCUT2D eigenvalue weighted by Gasteiger charge is 2.42. The van der Waals surface area contributed by atoms with E-state index >= 15 is 0 Å². The minimum Gasteiger partial charge on any atom is -0.494 e. The molecule has 0 bridgehead atoms. The Hall–Kier alpha value is -1.11. The summed E-state index contributed by atoms with van der Waals surface area (Å²) in [6.45, 7) is 16.1. The van der Waals surface area contributed by atoms with Crippen LogP contribution in [0.25, 0.3) is 10.2 Å². The van der Waals surface area contributed by atoms with Crippen molar-refractivity contribution >= 4 is 35.0 Å². The summed E-state index contributed by atoms with van der Waals surface area (Å²) in [5.74, 6) is 0.919. The third-order valence-corrected chi connectivity index (χ3v) is 10.7. The average molecular weight is 365 g/mol. The number of hydrogen-bond donors (Lipinski definition) is 0. The number of anilines is 1. The highest BCUT2D eigenvalue weighted by atomic mass is 32.1. The zero-order chi connectivity index (χ0) is 17.5. The number of rotatable bonds is 5. The molecule has 3 rings (SSSR count). The highest BCUT2D eigenvalue weighted by Crippen LogP contribution is 2.39. The minimum atomic E-state index is -1.68. The zero-order valence-electron chi connectivity index (χ0n) is 15.5. The fraction of sp³-hybridized carbons (Fsp3) is 0.611. The second-order valence-corrected chi connectivity index (χ2v) is 13.7. The number of aromatic nitrogens is 1. The summed E-state index contributed by atoms with van der Waals surface area (Å²) in [5.41, 5.74) is 1.05. The number of nitrogens with zero attached hydrogens (tertiary/aromatic N) is 2. The van der Waals surface area contributed by atoms with Crippen LogP contribution in [0.5, 0.6) is 5.75 Å². The Morgan fingerprint density at radius 1 is 1.29 bits per heavy atom. The van der Waals surface area contributed by atoms with Crippen LogP contribution in [0.3, 0.4) is 0 Å². The molecule has 4 nitrogen and oxygen atoms in total. The van der Waals surface area contributed by atoms with Gasteiger partial charge in [0, 0.05) is 13.1 Å². The maximum Gasteiger partial charge on any atom is 0.192 e. The zero-order valence-corrected chi connectivity index (χ0v) is 17.4. The van der Waals surface area contributed by atoms with Gasteiger partial charge in [-0.3, -0.25) is 0 Å². The third-order valence-electron chi connectivity index (χ3n) is 5.05. The fourth-order valence-corrected chi connectivity index (χ4v) is 4.89. The van der Waals surface area contributed by atoms with Crippen LogP contribution in [0.1, 0.15) is 27.7 Å². The maximum absolute atomic E-state index is 6.47. The number of hydrogen-bond acceptors (Lipinski definition) is 5. The van der Waals surface area contributed by atoms with Crippen molar-refractivity contribution < 1.29 is 9.16 Å². The molecule has 24 heavy (non-hydrogen) atoms. The van der Waals surface area contributed by atoms with E-state index in [0.717, 1.165) is 29.5 Å². The molecule has 2 aromatic rings. The molecule has 0 spiro atoms. The van der Waals surface area contributed by atoms with Crippen molar-refractivity contribution in [1.82, 2.24) is 4.98 Å². The van der Waals surface area contributed by atoms with Crippen LogP contribution in [0, 0.1) is 0 Å². The molecule has 0 saturated carbocycles. The van der Waals surface area contributed by atoms with E-state index in [2.05, 4.69) is 44.8 Å². The van der Waals surface area contributed by atoms with Gasteiger partial charge in [0.05, 0.1) is 22.9 Å². The predicted molar refractivity (Wildman–Crippen MR) is 105 cm³/mol. The van der Waals surface area contributed by atoms with E-state index in [0.29, 0.717) is 12.7 Å². The SMILES string of the molecule is CCOc1ccc2nc(N3CC(O[Si](C)(C)C(C)(C)C)C3)sc2c1. The predicted octanol–water partition coefficient (Wildman–Crippen LogP) is 4.91. The van der Waals surface area contributed by atoms with Crippen molar-refractivity contribution in [3.63, 3.8) is 0 Å². The molecular weight excluding hydrogens is 336 g/mol. The Kier molecular flexibility index (Phi) is 4.66. The minimum absolute atomic E-state index is 0.263. The number of fused-ring (bicyclic) bond motifs is 1. The van der Waals surface area contributed by atoms with Gasteiger partial charge in [-0.25, -0.2) is 4.98 Å². The van der Waals surface area contributed by atoms with Gasteiger partial charge < -0.3 is 14.1 Å². The van der Waals surface area contributed by atoms with Gasteiger partial charge in [0.25, 0.3) is 0 Å². The summed E-state index contributed by atoms with van der Waals surface area (Å²) < 4.78 is 13.2. The third kappa shape index (κ3) is 3.46. The average Bonchev–Trinajstić information content (AvgIpc) is 2.84. The van der Waals surface area contributed by atoms with Gasteiger partial charge in [-0.1, -0.05) is 32.1 Å². The first-order chi connectivity index (χ1) is 11.2. The van der Waals surface area contributed by atoms with E-state index in [1.54, 1.807) is 11.3 Å². The topological polar surface area (TPSA) is 34.6 Å². The van der Waals surface area contributed by atoms with Crippen molar-refractivity contribution in [1.29, 1.82) is 0 Å². The summed E-state index contributed by atoms with van der Waals surface area (Å²) in [7, 11) is -1.68. The van der Waals surface area contributed by atoms with Gasteiger partial charge in [0.1, 0.15) is 5.75 Å². The van der Waals surface area contributed by atoms with Gasteiger partial charge in [-0.05, 0) is 43.3 Å². The molecule has 2 heterocycles. The molecular formula is C18H28N2O2SSi. The second kappa shape index (κ2) is 6.31. The van der Waals surface area contributed by atoms with Crippen LogP contribution in [0.4, 0.5) is 5.13 Å². The molecule has 0 radical (unpaired) electrons. The molecule has 0 atom stereocenters. The lowest BCUT2D eigenvalue weighted by molar-refractivity contribution is 0.149. The highest BCUT2D eigenvalue weighted by molar-refractivity contribution is 7.22. The molecule has 6 heteroatoms. The first-order valence-corrected chi connectivity index (χ1v) is 12.4. The molecule has 1 aliphatic rings. The van der Waals surface area contributed by atoms with Crippen molar-refractivity contribution in [2.75, 3.05) is 24.6 Å². The fourth-order valence-electron chi connectivity index (χ4n) is 2.55. The normalized spacial score (nSPS) is 16.5. The molecule has 1 aromatic carbocycles. The summed E-state index contributed by atoms with van der Waals surface area (Å²) in [6, 6.07) is 6.13. The van der Waals surface area contributed by atoms with Crippen molar-refractivity contribution in [2.45, 2.75) is 51.9 Å². The van der Waals surface area contributed by atoms with Crippen LogP contribution in [0.2, 0.25) is 18.1 Å². The Morgan fingerprint density at radius 3 is 2.62 bits per heavy atom. The van der Waals surface area contributed by atoms with Gasteiger partial charge in [-0.2, -0.15) is 0 Å². The second-order valence-electron chi connectivity index (χ2n) is 7.96. The van der Waals surface area contributed by atoms with Gasteiger partial charge in [-0.15, -0.1) is 0 Å². The molecule has 0 aliphatic carbocycles. The van der Waals surface area contributed by atoms with E-state index in [1.165, 1.54) is 4.70 Å². The number of ether oxygens (including phenoxy) is 1. The molecule has 0 unspecified atom stereocenters. The largest absolute Gasteiger partial charge is 0.494 e. The Labute approximate surface area is 149 Å². The Bertz CT molecular complexity index is 717. The standard InChI is InChI=1S/C18H28N2O2SSi/c1-7-21-13-8-9-15-16(10-13)23-17(19-15)20-11-14(12-20)22-24(5,6)18(2,3)4/h8-10,14H,7,11-12H2,1-6H3. The summed E-state index contributed by atoms with van der Waals surface area (Å²) >= 11 is 1.74. The molecule has 1 aromatic heterocycles. The van der Waals surface area contributed by atoms with Crippen LogP contribution in [0.15, 0.2) is 18.2 Å². The summed E-state index contributed by atoms with van der Waals surface area (Å²) in [6.07, 6.45) is 0.344. The van der Waals surface area contributed by atoms with Crippen molar-refractivity contribution in [3.05, 3.63) is 18.2 Å². The summed E-state index contributed by atoms with van der Waals surface area (Å²) in [5, 5.41) is 1.35. The van der Waals surface area contributed by atoms with Crippen molar-refractivity contribution in [3.8, 4) is 5.75 Å². The van der Waals surface area contributed by atoms with Crippen LogP contribution in [-0.2, 0) is 4.43 Å². The lowest BCUT2D eigenvalue weighted by Crippen LogP contribution is -2.57. The van der Waals surface area contributed by atoms with Crippen LogP contribution < -0.4 is 9.64 Å². The molecule has 1 fully saturated rings. The quantitative estimate of drug-likeness (QED) is 0.706. The van der Waals surface area contributed by atoms with E-state index in [-0.39, 0.29) is 5.04 Å². The molecule has 1 aliphatic heterocycles. The monoisotopic (exact) mass is 364 g/mol. The van der Waals surface area contributed by atoms with Gasteiger partial charge in [0.15, 0.2) is 13.4 Å². The Balaban J connectivity index is 1.64. The first-order valence-electron chi connectivity index (χ1n) is 8.66.